The number of piperazine rings is 1. The number of thiocarbonyl (C=S) groups is 1. The molecule has 2 fully saturated rings. The lowest BCUT2D eigenvalue weighted by atomic mass is 10.2. The van der Waals surface area contributed by atoms with Gasteiger partial charge in [0.15, 0.2) is 0 Å². The fourth-order valence-corrected chi connectivity index (χ4v) is 5.95. The van der Waals surface area contributed by atoms with Crippen LogP contribution in [0, 0.1) is 18.7 Å². The monoisotopic (exact) mass is 537 g/mol. The van der Waals surface area contributed by atoms with Gasteiger partial charge in [-0.25, -0.2) is 9.37 Å². The molecule has 0 radical (unpaired) electrons. The number of aromatic nitrogens is 2. The van der Waals surface area contributed by atoms with E-state index >= 15 is 0 Å². The molecule has 0 N–H and O–H groups in total. The predicted octanol–water partition coefficient (Wildman–Crippen LogP) is 4.33. The van der Waals surface area contributed by atoms with Crippen LogP contribution in [0.3, 0.4) is 0 Å². The Morgan fingerprint density at radius 3 is 2.49 bits per heavy atom. The van der Waals surface area contributed by atoms with Gasteiger partial charge in [0.2, 0.25) is 0 Å². The highest BCUT2D eigenvalue weighted by Gasteiger charge is 2.33. The maximum Gasteiger partial charge on any atom is 0.267 e. The summed E-state index contributed by atoms with van der Waals surface area (Å²) in [6.07, 6.45) is 3.33. The van der Waals surface area contributed by atoms with Gasteiger partial charge in [0.05, 0.1) is 16.2 Å². The Balaban J connectivity index is 1.54. The summed E-state index contributed by atoms with van der Waals surface area (Å²) in [7, 11) is 0. The number of thioether (sulfide) groups is 1. The number of carbonyl (C=O) groups is 1. The number of halogens is 1. The molecule has 1 aromatic carbocycles. The topological polar surface area (TPSA) is 61.2 Å². The SMILES string of the molecule is Cc1cccn2c(=O)c(/C=C3\SC(=S)N(CC(C)C)C3=O)c(N3CCN(c4ccccc4F)CC3)nc12. The van der Waals surface area contributed by atoms with Gasteiger partial charge in [-0.15, -0.1) is 0 Å². The summed E-state index contributed by atoms with van der Waals surface area (Å²) >= 11 is 6.68. The molecule has 0 atom stereocenters. The molecule has 7 nitrogen and oxygen atoms in total. The Morgan fingerprint density at radius 2 is 1.78 bits per heavy atom. The fourth-order valence-electron chi connectivity index (χ4n) is 4.69. The molecule has 2 aromatic heterocycles. The maximum atomic E-state index is 14.4. The minimum atomic E-state index is -0.252. The first kappa shape index (κ1) is 25.4. The largest absolute Gasteiger partial charge is 0.366 e. The third-order valence-electron chi connectivity index (χ3n) is 6.53. The van der Waals surface area contributed by atoms with Crippen LogP contribution >= 0.6 is 24.0 Å². The van der Waals surface area contributed by atoms with Gasteiger partial charge < -0.3 is 9.80 Å². The molecule has 0 spiro atoms. The highest BCUT2D eigenvalue weighted by molar-refractivity contribution is 8.26. The van der Waals surface area contributed by atoms with Crippen molar-refractivity contribution in [1.82, 2.24) is 14.3 Å². The zero-order chi connectivity index (χ0) is 26.3. The van der Waals surface area contributed by atoms with E-state index in [-0.39, 0.29) is 23.2 Å². The third kappa shape index (κ3) is 4.87. The lowest BCUT2D eigenvalue weighted by Crippen LogP contribution is -2.47. The van der Waals surface area contributed by atoms with Crippen LogP contribution in [0.25, 0.3) is 11.7 Å². The summed E-state index contributed by atoms with van der Waals surface area (Å²) in [6, 6.07) is 10.5. The molecule has 0 bridgehead atoms. The standard InChI is InChI=1S/C27H28FN5O2S2/c1-17(2)16-33-26(35)22(37-27(33)36)15-19-24(29-23-18(3)7-6-10-32(23)25(19)34)31-13-11-30(12-14-31)21-9-5-4-8-20(21)28/h4-10,15,17H,11-14,16H2,1-3H3/b22-15-. The van der Waals surface area contributed by atoms with Crippen LogP contribution in [0.15, 0.2) is 52.3 Å². The second kappa shape index (κ2) is 10.3. The Hall–Kier alpha value is -3.24. The van der Waals surface area contributed by atoms with E-state index in [2.05, 4.69) is 0 Å². The van der Waals surface area contributed by atoms with E-state index in [0.29, 0.717) is 64.7 Å². The smallest absolute Gasteiger partial charge is 0.267 e. The van der Waals surface area contributed by atoms with E-state index in [1.54, 1.807) is 29.3 Å². The van der Waals surface area contributed by atoms with Crippen LogP contribution in [0.1, 0.15) is 25.0 Å². The van der Waals surface area contributed by atoms with Crippen molar-refractivity contribution in [2.45, 2.75) is 20.8 Å². The number of carbonyl (C=O) groups excluding carboxylic acids is 1. The number of fused-ring (bicyclic) bond motifs is 1. The summed E-state index contributed by atoms with van der Waals surface area (Å²) in [6.45, 7) is 8.76. The summed E-state index contributed by atoms with van der Waals surface area (Å²) in [5, 5.41) is 0. The van der Waals surface area contributed by atoms with E-state index in [4.69, 9.17) is 17.2 Å². The number of amides is 1. The van der Waals surface area contributed by atoms with E-state index in [9.17, 15) is 14.0 Å². The number of para-hydroxylation sites is 1. The summed E-state index contributed by atoms with van der Waals surface area (Å²) < 4.78 is 16.4. The lowest BCUT2D eigenvalue weighted by molar-refractivity contribution is -0.122. The van der Waals surface area contributed by atoms with Crippen molar-refractivity contribution in [2.75, 3.05) is 42.5 Å². The number of nitrogens with zero attached hydrogens (tertiary/aromatic N) is 5. The molecular weight excluding hydrogens is 509 g/mol. The van der Waals surface area contributed by atoms with Crippen LogP contribution in [-0.4, -0.2) is 57.2 Å². The first-order valence-corrected chi connectivity index (χ1v) is 13.5. The zero-order valence-corrected chi connectivity index (χ0v) is 22.6. The number of anilines is 2. The number of aryl methyl sites for hydroxylation is 1. The molecular formula is C27H28FN5O2S2. The first-order valence-electron chi connectivity index (χ1n) is 12.3. The van der Waals surface area contributed by atoms with Crippen molar-refractivity contribution >= 4 is 57.4 Å². The van der Waals surface area contributed by atoms with E-state index in [0.717, 1.165) is 5.56 Å². The van der Waals surface area contributed by atoms with Crippen LogP contribution in [0.4, 0.5) is 15.9 Å². The molecule has 2 saturated heterocycles. The Bertz CT molecular complexity index is 1480. The summed E-state index contributed by atoms with van der Waals surface area (Å²) in [5.74, 6) is 0.353. The third-order valence-corrected chi connectivity index (χ3v) is 7.91. The number of hydrogen-bond donors (Lipinski definition) is 0. The minimum absolute atomic E-state index is 0.187. The van der Waals surface area contributed by atoms with Crippen LogP contribution < -0.4 is 15.4 Å². The first-order chi connectivity index (χ1) is 17.7. The van der Waals surface area contributed by atoms with Gasteiger partial charge in [-0.05, 0) is 42.7 Å². The van der Waals surface area contributed by atoms with Crippen molar-refractivity contribution in [3.8, 4) is 0 Å². The van der Waals surface area contributed by atoms with Gasteiger partial charge in [0, 0.05) is 38.9 Å². The highest BCUT2D eigenvalue weighted by Crippen LogP contribution is 2.34. The van der Waals surface area contributed by atoms with Crippen LogP contribution in [0.2, 0.25) is 0 Å². The number of hydrogen-bond acceptors (Lipinski definition) is 7. The molecule has 3 aromatic rings. The lowest BCUT2D eigenvalue weighted by Gasteiger charge is -2.37. The number of pyridine rings is 1. The van der Waals surface area contributed by atoms with Crippen LogP contribution in [-0.2, 0) is 4.79 Å². The number of rotatable bonds is 5. The molecule has 4 heterocycles. The molecule has 2 aliphatic rings. The van der Waals surface area contributed by atoms with Crippen molar-refractivity contribution < 1.29 is 9.18 Å². The molecule has 192 valence electrons. The van der Waals surface area contributed by atoms with Crippen molar-refractivity contribution in [3.63, 3.8) is 0 Å². The van der Waals surface area contributed by atoms with Crippen molar-refractivity contribution in [1.29, 1.82) is 0 Å². The molecule has 0 aliphatic carbocycles. The minimum Gasteiger partial charge on any atom is -0.366 e. The molecule has 0 unspecified atom stereocenters. The second-order valence-corrected chi connectivity index (χ2v) is 11.3. The number of benzene rings is 1. The summed E-state index contributed by atoms with van der Waals surface area (Å²) in [5.41, 5.74) is 2.13. The van der Waals surface area contributed by atoms with E-state index < -0.39 is 0 Å². The molecule has 37 heavy (non-hydrogen) atoms. The molecule has 1 amide bonds. The zero-order valence-electron chi connectivity index (χ0n) is 21.0. The van der Waals surface area contributed by atoms with Gasteiger partial charge >= 0.3 is 0 Å². The Labute approximate surface area is 224 Å². The van der Waals surface area contributed by atoms with Gasteiger partial charge in [-0.3, -0.25) is 18.9 Å². The average Bonchev–Trinajstić information content (AvgIpc) is 3.13. The van der Waals surface area contributed by atoms with Crippen LogP contribution in [0.5, 0.6) is 0 Å². The van der Waals surface area contributed by atoms with Gasteiger partial charge in [0.1, 0.15) is 21.6 Å². The van der Waals surface area contributed by atoms with Gasteiger partial charge in [-0.2, -0.15) is 0 Å². The highest BCUT2D eigenvalue weighted by atomic mass is 32.2. The van der Waals surface area contributed by atoms with E-state index in [1.165, 1.54) is 22.2 Å². The predicted molar refractivity (Wildman–Crippen MR) is 152 cm³/mol. The molecule has 2 aliphatic heterocycles. The van der Waals surface area contributed by atoms with Gasteiger partial charge in [0.25, 0.3) is 11.5 Å². The van der Waals surface area contributed by atoms with Gasteiger partial charge in [-0.1, -0.05) is 56.0 Å². The normalized spacial score (nSPS) is 17.6. The molecule has 0 saturated carbocycles. The Kier molecular flexibility index (Phi) is 7.04. The fraction of sp³-hybridized carbons (Fsp3) is 0.333. The van der Waals surface area contributed by atoms with E-state index in [1.807, 2.05) is 48.8 Å². The van der Waals surface area contributed by atoms with Crippen molar-refractivity contribution in [3.05, 3.63) is 74.8 Å². The second-order valence-electron chi connectivity index (χ2n) is 9.65. The van der Waals surface area contributed by atoms with Crippen molar-refractivity contribution in [2.24, 2.45) is 5.92 Å². The molecule has 10 heteroatoms. The average molecular weight is 538 g/mol. The molecule has 5 rings (SSSR count). The maximum absolute atomic E-state index is 14.4. The summed E-state index contributed by atoms with van der Waals surface area (Å²) in [4.78, 5) is 37.9. The Morgan fingerprint density at radius 1 is 1.08 bits per heavy atom. The quantitative estimate of drug-likeness (QED) is 0.355.